The lowest BCUT2D eigenvalue weighted by Crippen LogP contribution is -2.73. The van der Waals surface area contributed by atoms with Crippen molar-refractivity contribution in [3.05, 3.63) is 0 Å². The summed E-state index contributed by atoms with van der Waals surface area (Å²) in [6, 6.07) is 0. The summed E-state index contributed by atoms with van der Waals surface area (Å²) >= 11 is 0. The molecule has 1 atom stereocenters. The third-order valence-electron chi connectivity index (χ3n) is 3.13. The lowest BCUT2D eigenvalue weighted by atomic mass is 11.5. The van der Waals surface area contributed by atoms with E-state index in [1.165, 1.54) is 0 Å². The van der Waals surface area contributed by atoms with Gasteiger partial charge in [-0.2, -0.15) is 52.7 Å². The molecule has 152 valence electrons. The van der Waals surface area contributed by atoms with Gasteiger partial charge in [0.25, 0.3) is 8.32 Å². The average Bonchev–Trinajstić information content (AvgIpc) is 2.21. The summed E-state index contributed by atoms with van der Waals surface area (Å²) < 4.78 is 162. The Labute approximate surface area is 136 Å². The maximum atomic E-state index is 13.1. The van der Waals surface area contributed by atoms with E-state index >= 15 is 0 Å². The molecule has 2 nitrogen and oxygen atoms in total. The molecule has 0 fully saturated rings. The molecular weight excluding hydrogens is 440 g/mol. The standard InChI is InChI=1S/C8H12F12O2Si3/c1-23(2,5(9,10)11)21-25(4,8(18,19)20)22-24(3,6(12,13)14)7(15,16)17/h1-4H3. The highest BCUT2D eigenvalue weighted by Gasteiger charge is 2.79. The summed E-state index contributed by atoms with van der Waals surface area (Å²) in [7, 11) is -19.1. The topological polar surface area (TPSA) is 18.5 Å². The van der Waals surface area contributed by atoms with Gasteiger partial charge in [-0.05, 0) is 26.2 Å². The Bertz CT molecular complexity index is 465. The zero-order valence-corrected chi connectivity index (χ0v) is 15.9. The highest BCUT2D eigenvalue weighted by atomic mass is 28.5. The van der Waals surface area contributed by atoms with Crippen LogP contribution in [0.25, 0.3) is 0 Å². The second kappa shape index (κ2) is 6.41. The number of rotatable bonds is 4. The molecule has 0 heterocycles. The Kier molecular flexibility index (Phi) is 6.34. The Morgan fingerprint density at radius 2 is 0.800 bits per heavy atom. The summed E-state index contributed by atoms with van der Waals surface area (Å²) in [5.74, 6) is -23.8. The van der Waals surface area contributed by atoms with Crippen LogP contribution < -0.4 is 0 Å². The first-order valence-electron chi connectivity index (χ1n) is 6.08. The van der Waals surface area contributed by atoms with Crippen LogP contribution in [-0.4, -0.2) is 48.4 Å². The summed E-state index contributed by atoms with van der Waals surface area (Å²) in [5.41, 5.74) is 0. The van der Waals surface area contributed by atoms with Crippen molar-refractivity contribution in [2.24, 2.45) is 0 Å². The first-order chi connectivity index (χ1) is 10.4. The molecule has 1 unspecified atom stereocenters. The van der Waals surface area contributed by atoms with E-state index in [0.29, 0.717) is 0 Å². The average molecular weight is 452 g/mol. The smallest absolute Gasteiger partial charge is 0.424 e. The fourth-order valence-corrected chi connectivity index (χ4v) is 11.5. The van der Waals surface area contributed by atoms with E-state index in [1.54, 1.807) is 0 Å². The van der Waals surface area contributed by atoms with Gasteiger partial charge in [0.2, 0.25) is 0 Å². The van der Waals surface area contributed by atoms with E-state index in [1.807, 2.05) is 0 Å². The van der Waals surface area contributed by atoms with Crippen LogP contribution in [-0.2, 0) is 8.23 Å². The van der Waals surface area contributed by atoms with Gasteiger partial charge in [-0.15, -0.1) is 0 Å². The minimum absolute atomic E-state index is 0.174. The maximum absolute atomic E-state index is 13.1. The number of alkyl halides is 12. The first-order valence-corrected chi connectivity index (χ1v) is 13.7. The quantitative estimate of drug-likeness (QED) is 0.427. The number of hydrogen-bond donors (Lipinski definition) is 0. The third kappa shape index (κ3) is 4.92. The molecule has 0 spiro atoms. The molecule has 0 saturated heterocycles. The van der Waals surface area contributed by atoms with Gasteiger partial charge in [0.1, 0.15) is 0 Å². The predicted octanol–water partition coefficient (Wildman–Crippen LogP) is 5.28. The molecule has 0 aliphatic heterocycles. The van der Waals surface area contributed by atoms with Crippen molar-refractivity contribution in [3.8, 4) is 0 Å². The van der Waals surface area contributed by atoms with Crippen LogP contribution >= 0.6 is 0 Å². The lowest BCUT2D eigenvalue weighted by Gasteiger charge is -2.42. The molecule has 0 bridgehead atoms. The maximum Gasteiger partial charge on any atom is 0.435 e. The Morgan fingerprint density at radius 1 is 0.480 bits per heavy atom. The monoisotopic (exact) mass is 452 g/mol. The van der Waals surface area contributed by atoms with Crippen LogP contribution in [0, 0.1) is 0 Å². The van der Waals surface area contributed by atoms with Crippen LogP contribution in [0.4, 0.5) is 52.7 Å². The SMILES string of the molecule is C[Si](C)(O[Si](C)(O[Si](C)(C(F)(F)F)C(F)(F)F)C(F)(F)F)C(F)(F)F. The molecule has 0 amide bonds. The van der Waals surface area contributed by atoms with Gasteiger partial charge in [-0.1, -0.05) is 0 Å². The molecule has 0 N–H and O–H groups in total. The second-order valence-corrected chi connectivity index (χ2v) is 16.6. The Hall–Kier alpha value is -0.269. The van der Waals surface area contributed by atoms with Crippen LogP contribution in [0.3, 0.4) is 0 Å². The number of halogens is 12. The Balaban J connectivity index is 6.26. The zero-order chi connectivity index (χ0) is 20.9. The largest absolute Gasteiger partial charge is 0.435 e. The van der Waals surface area contributed by atoms with Crippen LogP contribution in [0.1, 0.15) is 0 Å². The minimum Gasteiger partial charge on any atom is -0.424 e. The van der Waals surface area contributed by atoms with Crippen molar-refractivity contribution < 1.29 is 60.9 Å². The van der Waals surface area contributed by atoms with E-state index < -0.39 is 54.9 Å². The predicted molar refractivity (Wildman–Crippen MR) is 67.1 cm³/mol. The highest BCUT2D eigenvalue weighted by molar-refractivity contribution is 6.91. The molecule has 0 saturated carbocycles. The zero-order valence-electron chi connectivity index (χ0n) is 12.9. The van der Waals surface area contributed by atoms with Gasteiger partial charge in [0.05, 0.1) is 0 Å². The fraction of sp³-hybridized carbons (Fsp3) is 1.00. The van der Waals surface area contributed by atoms with Crippen molar-refractivity contribution in [2.75, 3.05) is 0 Å². The molecule has 0 aliphatic rings. The van der Waals surface area contributed by atoms with Crippen molar-refractivity contribution in [1.29, 1.82) is 0 Å². The van der Waals surface area contributed by atoms with E-state index in [2.05, 4.69) is 8.23 Å². The summed E-state index contributed by atoms with van der Waals surface area (Å²) in [6.45, 7) is -0.549. The van der Waals surface area contributed by atoms with Crippen LogP contribution in [0.15, 0.2) is 0 Å². The van der Waals surface area contributed by atoms with E-state index in [-0.39, 0.29) is 19.6 Å². The molecule has 0 aromatic rings. The molecular formula is C8H12F12O2Si3. The summed E-state index contributed by atoms with van der Waals surface area (Å²) in [4.78, 5) is 0. The van der Waals surface area contributed by atoms with Gasteiger partial charge < -0.3 is 8.23 Å². The van der Waals surface area contributed by atoms with Crippen LogP contribution in [0.2, 0.25) is 26.2 Å². The molecule has 0 aromatic heterocycles. The fourth-order valence-electron chi connectivity index (χ4n) is 1.35. The molecule has 0 aromatic carbocycles. The summed E-state index contributed by atoms with van der Waals surface area (Å²) in [6.07, 6.45) is 0. The Morgan fingerprint density at radius 3 is 1.00 bits per heavy atom. The van der Waals surface area contributed by atoms with Crippen LogP contribution in [0.5, 0.6) is 0 Å². The van der Waals surface area contributed by atoms with E-state index in [9.17, 15) is 52.7 Å². The highest BCUT2D eigenvalue weighted by Crippen LogP contribution is 2.47. The molecule has 25 heavy (non-hydrogen) atoms. The number of hydrogen-bond acceptors (Lipinski definition) is 2. The van der Waals surface area contributed by atoms with Crippen molar-refractivity contribution >= 4 is 25.2 Å². The summed E-state index contributed by atoms with van der Waals surface area (Å²) in [5, 5.41) is 0. The van der Waals surface area contributed by atoms with Gasteiger partial charge in [0.15, 0.2) is 0 Å². The lowest BCUT2D eigenvalue weighted by molar-refractivity contribution is -0.138. The van der Waals surface area contributed by atoms with Crippen molar-refractivity contribution in [3.63, 3.8) is 0 Å². The van der Waals surface area contributed by atoms with E-state index in [4.69, 9.17) is 0 Å². The third-order valence-corrected chi connectivity index (χ3v) is 14.5. The minimum atomic E-state index is -7.19. The van der Waals surface area contributed by atoms with Gasteiger partial charge >= 0.3 is 40.1 Å². The molecule has 0 aliphatic carbocycles. The van der Waals surface area contributed by atoms with Gasteiger partial charge in [-0.3, -0.25) is 0 Å². The molecule has 0 radical (unpaired) electrons. The second-order valence-electron chi connectivity index (χ2n) is 5.68. The normalized spacial score (nSPS) is 18.2. The van der Waals surface area contributed by atoms with Crippen molar-refractivity contribution in [2.45, 2.75) is 49.4 Å². The molecule has 0 rings (SSSR count). The van der Waals surface area contributed by atoms with Gasteiger partial charge in [-0.25, -0.2) is 0 Å². The molecule has 17 heteroatoms. The van der Waals surface area contributed by atoms with E-state index in [0.717, 1.165) is 0 Å². The first kappa shape index (κ1) is 24.7. The van der Waals surface area contributed by atoms with Crippen molar-refractivity contribution in [1.82, 2.24) is 0 Å². The van der Waals surface area contributed by atoms with Gasteiger partial charge in [0, 0.05) is 0 Å².